The molecule has 0 heterocycles. The summed E-state index contributed by atoms with van der Waals surface area (Å²) in [7, 11) is 1.42. The van der Waals surface area contributed by atoms with Crippen LogP contribution in [0.5, 0.6) is 11.5 Å². The molecule has 0 aliphatic carbocycles. The number of hydrogen-bond donors (Lipinski definition) is 2. The van der Waals surface area contributed by atoms with Gasteiger partial charge in [-0.2, -0.15) is 5.10 Å². The lowest BCUT2D eigenvalue weighted by molar-refractivity contribution is -0.120. The van der Waals surface area contributed by atoms with Crippen LogP contribution in [0.2, 0.25) is 10.0 Å². The van der Waals surface area contributed by atoms with Gasteiger partial charge < -0.3 is 14.8 Å². The Hall–Kier alpha value is -3.88. The van der Waals surface area contributed by atoms with E-state index >= 15 is 0 Å². The van der Waals surface area contributed by atoms with Crippen LogP contribution >= 0.6 is 23.2 Å². The minimum Gasteiger partial charge on any atom is -0.493 e. The largest absolute Gasteiger partial charge is 0.493 e. The van der Waals surface area contributed by atoms with E-state index in [1.807, 2.05) is 19.1 Å². The van der Waals surface area contributed by atoms with Gasteiger partial charge in [-0.15, -0.1) is 0 Å². The van der Waals surface area contributed by atoms with Crippen LogP contribution in [0.4, 0.5) is 0 Å². The molecular formula is C25H21Cl2N3O5. The van der Waals surface area contributed by atoms with Crippen LogP contribution in [-0.2, 0) is 4.79 Å². The number of methoxy groups -OCH3 is 1. The molecule has 0 spiro atoms. The minimum absolute atomic E-state index is 0.184. The van der Waals surface area contributed by atoms with Gasteiger partial charge in [-0.3, -0.25) is 9.59 Å². The van der Waals surface area contributed by atoms with Gasteiger partial charge in [0.2, 0.25) is 0 Å². The van der Waals surface area contributed by atoms with Crippen molar-refractivity contribution in [2.45, 2.75) is 6.92 Å². The normalized spacial score (nSPS) is 10.6. The molecule has 0 unspecified atom stereocenters. The van der Waals surface area contributed by atoms with Crippen LogP contribution in [-0.4, -0.2) is 37.7 Å². The van der Waals surface area contributed by atoms with E-state index in [2.05, 4.69) is 15.8 Å². The second kappa shape index (κ2) is 12.0. The molecule has 3 aromatic carbocycles. The second-order valence-electron chi connectivity index (χ2n) is 7.22. The Balaban J connectivity index is 1.56. The summed E-state index contributed by atoms with van der Waals surface area (Å²) in [4.78, 5) is 36.6. The van der Waals surface area contributed by atoms with E-state index in [-0.39, 0.29) is 34.5 Å². The predicted molar refractivity (Wildman–Crippen MR) is 134 cm³/mol. The number of nitrogens with zero attached hydrogens (tertiary/aromatic N) is 1. The highest BCUT2D eigenvalue weighted by Crippen LogP contribution is 2.29. The summed E-state index contributed by atoms with van der Waals surface area (Å²) in [6, 6.07) is 16.2. The van der Waals surface area contributed by atoms with E-state index in [0.29, 0.717) is 16.1 Å². The van der Waals surface area contributed by atoms with Crippen molar-refractivity contribution >= 4 is 47.2 Å². The molecule has 0 saturated carbocycles. The molecule has 0 fully saturated rings. The average Bonchev–Trinajstić information content (AvgIpc) is 2.85. The summed E-state index contributed by atoms with van der Waals surface area (Å²) in [5, 5.41) is 6.98. The lowest BCUT2D eigenvalue weighted by atomic mass is 10.1. The van der Waals surface area contributed by atoms with Crippen LogP contribution < -0.4 is 20.2 Å². The number of esters is 1. The molecule has 180 valence electrons. The highest BCUT2D eigenvalue weighted by Gasteiger charge is 2.14. The van der Waals surface area contributed by atoms with Crippen molar-refractivity contribution in [3.05, 3.63) is 93.0 Å². The fraction of sp³-hybridized carbons (Fsp3) is 0.120. The highest BCUT2D eigenvalue weighted by molar-refractivity contribution is 6.42. The number of ether oxygens (including phenoxy) is 2. The van der Waals surface area contributed by atoms with E-state index in [4.69, 9.17) is 32.7 Å². The molecule has 0 radical (unpaired) electrons. The molecule has 3 rings (SSSR count). The number of carbonyl (C=O) groups excluding carboxylic acids is 3. The van der Waals surface area contributed by atoms with Crippen molar-refractivity contribution in [3.63, 3.8) is 0 Å². The standard InChI is InChI=1S/C25H21Cl2N3O5/c1-15-5-3-4-6-18(15)24(32)28-14-23(31)30-29-13-16-7-10-21(22(11-16)34-2)35-25(33)17-8-9-19(26)20(27)12-17/h3-13H,14H2,1-2H3,(H,28,32)(H,30,31)/b29-13-. The van der Waals surface area contributed by atoms with Crippen molar-refractivity contribution in [1.29, 1.82) is 0 Å². The maximum Gasteiger partial charge on any atom is 0.343 e. The van der Waals surface area contributed by atoms with E-state index in [9.17, 15) is 14.4 Å². The Morgan fingerprint density at radius 3 is 2.46 bits per heavy atom. The lowest BCUT2D eigenvalue weighted by Crippen LogP contribution is -2.35. The molecular weight excluding hydrogens is 493 g/mol. The summed E-state index contributed by atoms with van der Waals surface area (Å²) in [6.45, 7) is 1.57. The van der Waals surface area contributed by atoms with Gasteiger partial charge in [0, 0.05) is 5.56 Å². The summed E-state index contributed by atoms with van der Waals surface area (Å²) in [5.74, 6) is -1.02. The number of hydrogen-bond acceptors (Lipinski definition) is 6. The minimum atomic E-state index is -0.636. The Kier molecular flexibility index (Phi) is 8.83. The molecule has 0 atom stereocenters. The predicted octanol–water partition coefficient (Wildman–Crippen LogP) is 4.41. The second-order valence-corrected chi connectivity index (χ2v) is 8.03. The smallest absolute Gasteiger partial charge is 0.343 e. The quantitative estimate of drug-likeness (QED) is 0.201. The number of halogens is 2. The number of amides is 2. The Morgan fingerprint density at radius 2 is 1.74 bits per heavy atom. The van der Waals surface area contributed by atoms with Gasteiger partial charge in [0.25, 0.3) is 11.8 Å². The topological polar surface area (TPSA) is 106 Å². The van der Waals surface area contributed by atoms with Crippen LogP contribution in [0.3, 0.4) is 0 Å². The van der Waals surface area contributed by atoms with Crippen LogP contribution in [0.15, 0.2) is 65.8 Å². The van der Waals surface area contributed by atoms with Gasteiger partial charge >= 0.3 is 5.97 Å². The Labute approximate surface area is 211 Å². The molecule has 2 N–H and O–H groups in total. The molecule has 10 heteroatoms. The average molecular weight is 514 g/mol. The summed E-state index contributed by atoms with van der Waals surface area (Å²) >= 11 is 11.8. The zero-order valence-electron chi connectivity index (χ0n) is 18.8. The van der Waals surface area contributed by atoms with Crippen molar-refractivity contribution in [3.8, 4) is 11.5 Å². The third-order valence-corrected chi connectivity index (χ3v) is 5.49. The van der Waals surface area contributed by atoms with Gasteiger partial charge in [0.15, 0.2) is 11.5 Å². The van der Waals surface area contributed by atoms with Crippen molar-refractivity contribution < 1.29 is 23.9 Å². The van der Waals surface area contributed by atoms with Gasteiger partial charge in [0.1, 0.15) is 0 Å². The maximum atomic E-state index is 12.4. The first-order valence-electron chi connectivity index (χ1n) is 10.3. The third-order valence-electron chi connectivity index (χ3n) is 4.75. The van der Waals surface area contributed by atoms with E-state index < -0.39 is 11.9 Å². The number of carbonyl (C=O) groups is 3. The molecule has 3 aromatic rings. The first kappa shape index (κ1) is 25.7. The molecule has 0 aromatic heterocycles. The van der Waals surface area contributed by atoms with Crippen LogP contribution in [0.25, 0.3) is 0 Å². The van der Waals surface area contributed by atoms with Crippen molar-refractivity contribution in [2.75, 3.05) is 13.7 Å². The number of rotatable bonds is 8. The molecule has 8 nitrogen and oxygen atoms in total. The van der Waals surface area contributed by atoms with E-state index in [1.165, 1.54) is 37.6 Å². The first-order valence-corrected chi connectivity index (χ1v) is 11.0. The number of benzene rings is 3. The van der Waals surface area contributed by atoms with Gasteiger partial charge in [-0.05, 0) is 60.5 Å². The maximum absolute atomic E-state index is 12.4. The first-order chi connectivity index (χ1) is 16.8. The molecule has 0 aliphatic heterocycles. The summed E-state index contributed by atoms with van der Waals surface area (Å²) in [6.07, 6.45) is 1.38. The number of nitrogens with one attached hydrogen (secondary N) is 2. The molecule has 0 aliphatic rings. The van der Waals surface area contributed by atoms with Crippen molar-refractivity contribution in [2.24, 2.45) is 5.10 Å². The SMILES string of the molecule is COc1cc(/C=N\NC(=O)CNC(=O)c2ccccc2C)ccc1OC(=O)c1ccc(Cl)c(Cl)c1. The molecule has 0 bridgehead atoms. The summed E-state index contributed by atoms with van der Waals surface area (Å²) in [5.41, 5.74) is 4.44. The Morgan fingerprint density at radius 1 is 0.971 bits per heavy atom. The van der Waals surface area contributed by atoms with E-state index in [1.54, 1.807) is 24.3 Å². The molecule has 0 saturated heterocycles. The Bertz CT molecular complexity index is 1290. The fourth-order valence-corrected chi connectivity index (χ4v) is 3.23. The summed E-state index contributed by atoms with van der Waals surface area (Å²) < 4.78 is 10.7. The molecule has 35 heavy (non-hydrogen) atoms. The molecule has 2 amide bonds. The monoisotopic (exact) mass is 513 g/mol. The lowest BCUT2D eigenvalue weighted by Gasteiger charge is -2.10. The highest BCUT2D eigenvalue weighted by atomic mass is 35.5. The van der Waals surface area contributed by atoms with Crippen LogP contribution in [0, 0.1) is 6.92 Å². The van der Waals surface area contributed by atoms with Crippen LogP contribution in [0.1, 0.15) is 31.8 Å². The fourth-order valence-electron chi connectivity index (χ4n) is 2.93. The third kappa shape index (κ3) is 7.05. The zero-order valence-corrected chi connectivity index (χ0v) is 20.3. The number of aryl methyl sites for hydroxylation is 1. The van der Waals surface area contributed by atoms with Gasteiger partial charge in [-0.1, -0.05) is 41.4 Å². The van der Waals surface area contributed by atoms with Gasteiger partial charge in [-0.25, -0.2) is 10.2 Å². The van der Waals surface area contributed by atoms with E-state index in [0.717, 1.165) is 5.56 Å². The van der Waals surface area contributed by atoms with Gasteiger partial charge in [0.05, 0.1) is 35.5 Å². The van der Waals surface area contributed by atoms with Crippen molar-refractivity contribution in [1.82, 2.24) is 10.7 Å². The number of hydrazone groups is 1. The zero-order chi connectivity index (χ0) is 25.4.